The Morgan fingerprint density at radius 3 is 2.38 bits per heavy atom. The molecule has 0 aliphatic heterocycles. The van der Waals surface area contributed by atoms with Crippen LogP contribution in [0.25, 0.3) is 0 Å². The van der Waals surface area contributed by atoms with Gasteiger partial charge in [0.05, 0.1) is 0 Å². The summed E-state index contributed by atoms with van der Waals surface area (Å²) in [5.41, 5.74) is 0.748. The molecule has 0 spiro atoms. The number of ether oxygens (including phenoxy) is 1. The van der Waals surface area contributed by atoms with E-state index in [-0.39, 0.29) is 5.75 Å². The summed E-state index contributed by atoms with van der Waals surface area (Å²) in [7, 11) is 0. The van der Waals surface area contributed by atoms with Gasteiger partial charge in [-0.3, -0.25) is 0 Å². The lowest BCUT2D eigenvalue weighted by Gasteiger charge is -2.28. The number of alkyl halides is 2. The molecule has 1 fully saturated rings. The number of nitrogens with one attached hydrogen (secondary N) is 2. The molecule has 2 N–H and O–H groups in total. The number of rotatable bonds is 4. The Hall–Kier alpha value is -1.43. The summed E-state index contributed by atoms with van der Waals surface area (Å²) in [5, 5.41) is 6.93. The fourth-order valence-corrected chi connectivity index (χ4v) is 2.76. The number of hydrogen-bond donors (Lipinski definition) is 2. The minimum atomic E-state index is -2.81. The van der Waals surface area contributed by atoms with Crippen molar-refractivity contribution in [2.24, 2.45) is 5.92 Å². The van der Waals surface area contributed by atoms with E-state index in [2.05, 4.69) is 22.3 Å². The zero-order valence-corrected chi connectivity index (χ0v) is 12.8. The molecule has 21 heavy (non-hydrogen) atoms. The highest BCUT2D eigenvalue weighted by Gasteiger charge is 2.18. The quantitative estimate of drug-likeness (QED) is 0.818. The average Bonchev–Trinajstić information content (AvgIpc) is 2.43. The number of thiocarbonyl (C=S) groups is 1. The molecule has 1 aromatic carbocycles. The monoisotopic (exact) mass is 314 g/mol. The van der Waals surface area contributed by atoms with Crippen LogP contribution in [0.2, 0.25) is 0 Å². The Labute approximate surface area is 129 Å². The molecule has 2 rings (SSSR count). The first kappa shape index (κ1) is 15.9. The topological polar surface area (TPSA) is 33.3 Å². The van der Waals surface area contributed by atoms with E-state index in [0.29, 0.717) is 11.2 Å². The number of anilines is 1. The second-order valence-corrected chi connectivity index (χ2v) is 5.87. The van der Waals surface area contributed by atoms with Crippen molar-refractivity contribution in [2.75, 3.05) is 5.32 Å². The van der Waals surface area contributed by atoms with Crippen LogP contribution in [-0.2, 0) is 0 Å². The SMILES string of the molecule is CC1CCC(NC(=S)Nc2ccc(OC(F)F)cc2)CC1. The third kappa shape index (κ3) is 5.46. The molecule has 116 valence electrons. The first-order valence-corrected chi connectivity index (χ1v) is 7.56. The normalized spacial score (nSPS) is 21.9. The molecule has 0 heterocycles. The van der Waals surface area contributed by atoms with Gasteiger partial charge in [-0.15, -0.1) is 0 Å². The maximum atomic E-state index is 12.1. The molecule has 6 heteroatoms. The molecule has 1 aliphatic carbocycles. The van der Waals surface area contributed by atoms with Crippen LogP contribution in [0.15, 0.2) is 24.3 Å². The summed E-state index contributed by atoms with van der Waals surface area (Å²) in [4.78, 5) is 0. The molecule has 1 saturated carbocycles. The molecule has 1 aromatic rings. The van der Waals surface area contributed by atoms with Crippen LogP contribution in [0, 0.1) is 5.92 Å². The molecule has 0 radical (unpaired) electrons. The van der Waals surface area contributed by atoms with Gasteiger partial charge in [0.25, 0.3) is 0 Å². The Bertz CT molecular complexity index is 459. The van der Waals surface area contributed by atoms with Crippen molar-refractivity contribution >= 4 is 23.0 Å². The molecular weight excluding hydrogens is 294 g/mol. The van der Waals surface area contributed by atoms with Gasteiger partial charge in [0.1, 0.15) is 5.75 Å². The lowest BCUT2D eigenvalue weighted by Crippen LogP contribution is -2.39. The molecule has 1 aliphatic rings. The maximum absolute atomic E-state index is 12.1. The van der Waals surface area contributed by atoms with Crippen molar-refractivity contribution < 1.29 is 13.5 Å². The number of halogens is 2. The molecule has 0 atom stereocenters. The minimum absolute atomic E-state index is 0.135. The molecule has 0 aromatic heterocycles. The largest absolute Gasteiger partial charge is 0.435 e. The molecule has 0 unspecified atom stereocenters. The van der Waals surface area contributed by atoms with Crippen molar-refractivity contribution in [3.8, 4) is 5.75 Å². The summed E-state index contributed by atoms with van der Waals surface area (Å²) in [6.45, 7) is -0.532. The van der Waals surface area contributed by atoms with Gasteiger partial charge in [0, 0.05) is 11.7 Å². The molecular formula is C15H20F2N2OS. The van der Waals surface area contributed by atoms with Gasteiger partial charge < -0.3 is 15.4 Å². The van der Waals surface area contributed by atoms with Crippen LogP contribution in [0.1, 0.15) is 32.6 Å². The van der Waals surface area contributed by atoms with E-state index >= 15 is 0 Å². The van der Waals surface area contributed by atoms with Crippen molar-refractivity contribution in [1.29, 1.82) is 0 Å². The van der Waals surface area contributed by atoms with Crippen LogP contribution in [0.3, 0.4) is 0 Å². The van der Waals surface area contributed by atoms with E-state index < -0.39 is 6.61 Å². The predicted octanol–water partition coefficient (Wildman–Crippen LogP) is 4.15. The van der Waals surface area contributed by atoms with Crippen molar-refractivity contribution in [3.63, 3.8) is 0 Å². The first-order valence-electron chi connectivity index (χ1n) is 7.15. The van der Waals surface area contributed by atoms with Crippen molar-refractivity contribution in [3.05, 3.63) is 24.3 Å². The average molecular weight is 314 g/mol. The highest BCUT2D eigenvalue weighted by Crippen LogP contribution is 2.23. The molecule has 0 saturated heterocycles. The highest BCUT2D eigenvalue weighted by molar-refractivity contribution is 7.80. The van der Waals surface area contributed by atoms with Gasteiger partial charge in [0.2, 0.25) is 0 Å². The summed E-state index contributed by atoms with van der Waals surface area (Å²) in [5.74, 6) is 0.933. The van der Waals surface area contributed by atoms with Gasteiger partial charge in [-0.05, 0) is 68.1 Å². The fourth-order valence-electron chi connectivity index (χ4n) is 2.48. The van der Waals surface area contributed by atoms with E-state index in [1.165, 1.54) is 25.0 Å². The highest BCUT2D eigenvalue weighted by atomic mass is 32.1. The summed E-state index contributed by atoms with van der Waals surface area (Å²) in [6, 6.07) is 6.71. The Balaban J connectivity index is 1.79. The van der Waals surface area contributed by atoms with Crippen LogP contribution in [-0.4, -0.2) is 17.8 Å². The summed E-state index contributed by atoms with van der Waals surface area (Å²) in [6.07, 6.45) is 4.70. The standard InChI is InChI=1S/C15H20F2N2OS/c1-10-2-4-11(5-3-10)18-15(21)19-12-6-8-13(9-7-12)20-14(16)17/h6-11,14H,2-5H2,1H3,(H2,18,19,21). The Morgan fingerprint density at radius 2 is 1.81 bits per heavy atom. The van der Waals surface area contributed by atoms with Gasteiger partial charge in [-0.2, -0.15) is 8.78 Å². The van der Waals surface area contributed by atoms with E-state index in [1.54, 1.807) is 12.1 Å². The smallest absolute Gasteiger partial charge is 0.387 e. The third-order valence-corrected chi connectivity index (χ3v) is 3.91. The zero-order valence-electron chi connectivity index (χ0n) is 11.9. The van der Waals surface area contributed by atoms with Crippen molar-refractivity contribution in [1.82, 2.24) is 5.32 Å². The van der Waals surface area contributed by atoms with Gasteiger partial charge >= 0.3 is 6.61 Å². The number of hydrogen-bond acceptors (Lipinski definition) is 2. The van der Waals surface area contributed by atoms with Crippen LogP contribution < -0.4 is 15.4 Å². The number of benzene rings is 1. The van der Waals surface area contributed by atoms with Crippen molar-refractivity contribution in [2.45, 2.75) is 45.3 Å². The van der Waals surface area contributed by atoms with Gasteiger partial charge in [0.15, 0.2) is 5.11 Å². The second kappa shape index (κ2) is 7.54. The Kier molecular flexibility index (Phi) is 5.73. The van der Waals surface area contributed by atoms with Gasteiger partial charge in [-0.1, -0.05) is 6.92 Å². The molecule has 0 amide bonds. The van der Waals surface area contributed by atoms with E-state index in [9.17, 15) is 8.78 Å². The van der Waals surface area contributed by atoms with E-state index in [4.69, 9.17) is 12.2 Å². The zero-order chi connectivity index (χ0) is 15.2. The fraction of sp³-hybridized carbons (Fsp3) is 0.533. The van der Waals surface area contributed by atoms with Crippen LogP contribution in [0.4, 0.5) is 14.5 Å². The lowest BCUT2D eigenvalue weighted by atomic mass is 9.87. The van der Waals surface area contributed by atoms with Crippen LogP contribution >= 0.6 is 12.2 Å². The Morgan fingerprint density at radius 1 is 1.19 bits per heavy atom. The lowest BCUT2D eigenvalue weighted by molar-refractivity contribution is -0.0498. The van der Waals surface area contributed by atoms with E-state index in [0.717, 1.165) is 24.4 Å². The predicted molar refractivity (Wildman–Crippen MR) is 83.9 cm³/mol. The first-order chi connectivity index (χ1) is 10.0. The summed E-state index contributed by atoms with van der Waals surface area (Å²) < 4.78 is 28.4. The summed E-state index contributed by atoms with van der Waals surface area (Å²) >= 11 is 5.28. The second-order valence-electron chi connectivity index (χ2n) is 5.46. The maximum Gasteiger partial charge on any atom is 0.387 e. The van der Waals surface area contributed by atoms with Crippen LogP contribution in [0.5, 0.6) is 5.75 Å². The molecule has 0 bridgehead atoms. The molecule has 3 nitrogen and oxygen atoms in total. The van der Waals surface area contributed by atoms with E-state index in [1.807, 2.05) is 0 Å². The minimum Gasteiger partial charge on any atom is -0.435 e. The third-order valence-electron chi connectivity index (χ3n) is 3.69. The van der Waals surface area contributed by atoms with Gasteiger partial charge in [-0.25, -0.2) is 0 Å².